The first kappa shape index (κ1) is 37.6. The second-order valence-electron chi connectivity index (χ2n) is 11.9. The van der Waals surface area contributed by atoms with Crippen molar-refractivity contribution in [1.29, 1.82) is 0 Å². The highest BCUT2D eigenvalue weighted by Gasteiger charge is 2.35. The fourth-order valence-corrected chi connectivity index (χ4v) is 7.10. The molecule has 1 N–H and O–H groups in total. The Balaban J connectivity index is 1.87. The quantitative estimate of drug-likeness (QED) is 0.143. The first-order valence-electron chi connectivity index (χ1n) is 15.7. The third kappa shape index (κ3) is 9.47. The van der Waals surface area contributed by atoms with E-state index in [0.717, 1.165) is 15.4 Å². The van der Waals surface area contributed by atoms with Crippen LogP contribution in [0.15, 0.2) is 95.9 Å². The Morgan fingerprint density at radius 2 is 1.47 bits per heavy atom. The van der Waals surface area contributed by atoms with Crippen molar-refractivity contribution in [3.63, 3.8) is 0 Å². The number of hydrogen-bond donors (Lipinski definition) is 1. The van der Waals surface area contributed by atoms with Gasteiger partial charge in [-0.05, 0) is 54.8 Å². The Morgan fingerprint density at radius 3 is 2.06 bits per heavy atom. The van der Waals surface area contributed by atoms with E-state index in [9.17, 15) is 18.0 Å². The summed E-state index contributed by atoms with van der Waals surface area (Å²) in [6, 6.07) is 24.2. The highest BCUT2D eigenvalue weighted by molar-refractivity contribution is 7.92. The van der Waals surface area contributed by atoms with Crippen LogP contribution in [0.2, 0.25) is 10.0 Å². The van der Waals surface area contributed by atoms with E-state index in [4.69, 9.17) is 32.7 Å². The van der Waals surface area contributed by atoms with Gasteiger partial charge in [0.2, 0.25) is 11.8 Å². The SMILES string of the molecule is COc1ccc(N(CC(=O)N(Cc2c(Cl)cccc2Cl)[C@H](Cc2ccccc2)C(=O)NCC(C)C)S(=O)(=O)c2ccc(C)cc2)cc1OC. The van der Waals surface area contributed by atoms with Crippen molar-refractivity contribution in [2.24, 2.45) is 5.92 Å². The molecule has 12 heteroatoms. The van der Waals surface area contributed by atoms with Gasteiger partial charge in [-0.1, -0.05) is 91.1 Å². The van der Waals surface area contributed by atoms with E-state index >= 15 is 0 Å². The molecule has 9 nitrogen and oxygen atoms in total. The van der Waals surface area contributed by atoms with Gasteiger partial charge in [-0.25, -0.2) is 8.42 Å². The maximum absolute atomic E-state index is 14.7. The molecule has 4 aromatic rings. The predicted octanol–water partition coefficient (Wildman–Crippen LogP) is 6.93. The summed E-state index contributed by atoms with van der Waals surface area (Å²) in [4.78, 5) is 30.1. The number of nitrogens with one attached hydrogen (secondary N) is 1. The van der Waals surface area contributed by atoms with E-state index in [2.05, 4.69) is 5.32 Å². The first-order valence-corrected chi connectivity index (χ1v) is 17.9. The molecular formula is C37H41Cl2N3O6S. The number of hydrogen-bond acceptors (Lipinski definition) is 6. The minimum Gasteiger partial charge on any atom is -0.493 e. The van der Waals surface area contributed by atoms with Crippen molar-refractivity contribution < 1.29 is 27.5 Å². The van der Waals surface area contributed by atoms with Gasteiger partial charge in [0.05, 0.1) is 24.8 Å². The lowest BCUT2D eigenvalue weighted by molar-refractivity contribution is -0.140. The van der Waals surface area contributed by atoms with Gasteiger partial charge >= 0.3 is 0 Å². The fourth-order valence-electron chi connectivity index (χ4n) is 5.18. The van der Waals surface area contributed by atoms with Gasteiger partial charge in [0, 0.05) is 41.2 Å². The molecule has 49 heavy (non-hydrogen) atoms. The number of rotatable bonds is 15. The molecule has 0 unspecified atom stereocenters. The standard InChI is InChI=1S/C37H41Cl2N3O6S/c1-25(2)22-40-37(44)33(20-27-10-7-6-8-11-27)41(23-30-31(38)12-9-13-32(30)39)36(43)24-42(28-16-19-34(47-4)35(21-28)48-5)49(45,46)29-17-14-26(3)15-18-29/h6-19,21,25,33H,20,22-24H2,1-5H3,(H,40,44)/t33-/m1/s1. The zero-order valence-electron chi connectivity index (χ0n) is 28.2. The van der Waals surface area contributed by atoms with Gasteiger partial charge < -0.3 is 19.7 Å². The highest BCUT2D eigenvalue weighted by atomic mass is 35.5. The molecule has 1 atom stereocenters. The number of sulfonamides is 1. The monoisotopic (exact) mass is 725 g/mol. The Hall–Kier alpha value is -4.25. The van der Waals surface area contributed by atoms with Crippen LogP contribution in [-0.4, -0.2) is 58.5 Å². The van der Waals surface area contributed by atoms with Crippen LogP contribution in [-0.2, 0) is 32.6 Å². The van der Waals surface area contributed by atoms with Gasteiger partial charge in [-0.15, -0.1) is 0 Å². The summed E-state index contributed by atoms with van der Waals surface area (Å²) < 4.78 is 40.6. The van der Waals surface area contributed by atoms with Crippen LogP contribution < -0.4 is 19.1 Å². The van der Waals surface area contributed by atoms with E-state index in [0.29, 0.717) is 27.9 Å². The molecule has 260 valence electrons. The minimum atomic E-state index is -4.32. The Kier molecular flexibility index (Phi) is 13.0. The molecule has 0 aliphatic rings. The number of halogens is 2. The fraction of sp³-hybridized carbons (Fsp3) is 0.297. The number of ether oxygens (including phenoxy) is 2. The predicted molar refractivity (Wildman–Crippen MR) is 194 cm³/mol. The Labute approximate surface area is 298 Å². The van der Waals surface area contributed by atoms with Gasteiger partial charge in [0.25, 0.3) is 10.0 Å². The largest absolute Gasteiger partial charge is 0.493 e. The number of amides is 2. The number of anilines is 1. The molecule has 0 spiro atoms. The van der Waals surface area contributed by atoms with Crippen molar-refractivity contribution in [3.05, 3.63) is 118 Å². The van der Waals surface area contributed by atoms with Crippen molar-refractivity contribution in [2.75, 3.05) is 31.6 Å². The lowest BCUT2D eigenvalue weighted by atomic mass is 10.0. The molecule has 0 saturated carbocycles. The van der Waals surface area contributed by atoms with Crippen LogP contribution in [0.25, 0.3) is 0 Å². The summed E-state index contributed by atoms with van der Waals surface area (Å²) in [6.07, 6.45) is 0.152. The van der Waals surface area contributed by atoms with Crippen molar-refractivity contribution in [3.8, 4) is 11.5 Å². The van der Waals surface area contributed by atoms with Gasteiger partial charge in [0.15, 0.2) is 11.5 Å². The molecule has 0 radical (unpaired) electrons. The van der Waals surface area contributed by atoms with Crippen LogP contribution >= 0.6 is 23.2 Å². The summed E-state index contributed by atoms with van der Waals surface area (Å²) in [7, 11) is -1.42. The molecule has 2 amide bonds. The highest BCUT2D eigenvalue weighted by Crippen LogP contribution is 2.34. The summed E-state index contributed by atoms with van der Waals surface area (Å²) >= 11 is 13.2. The van der Waals surface area contributed by atoms with Crippen LogP contribution in [0.4, 0.5) is 5.69 Å². The second-order valence-corrected chi connectivity index (χ2v) is 14.6. The number of carbonyl (C=O) groups is 2. The molecule has 0 aliphatic heterocycles. The lowest BCUT2D eigenvalue weighted by Crippen LogP contribution is -2.53. The molecule has 0 heterocycles. The van der Waals surface area contributed by atoms with Gasteiger partial charge in [-0.3, -0.25) is 13.9 Å². The number of methoxy groups -OCH3 is 2. The molecule has 0 aliphatic carbocycles. The third-order valence-corrected chi connectivity index (χ3v) is 10.4. The molecule has 0 saturated heterocycles. The molecule has 4 aromatic carbocycles. The van der Waals surface area contributed by atoms with Gasteiger partial charge in [-0.2, -0.15) is 0 Å². The molecule has 4 rings (SSSR count). The molecule has 0 aromatic heterocycles. The van der Waals surface area contributed by atoms with Crippen molar-refractivity contribution in [1.82, 2.24) is 10.2 Å². The Bertz CT molecular complexity index is 1830. The summed E-state index contributed by atoms with van der Waals surface area (Å²) in [5.74, 6) is -0.254. The zero-order chi connectivity index (χ0) is 35.7. The molecule has 0 bridgehead atoms. The van der Waals surface area contributed by atoms with E-state index < -0.39 is 34.4 Å². The van der Waals surface area contributed by atoms with E-state index in [-0.39, 0.29) is 35.2 Å². The molecule has 0 fully saturated rings. The van der Waals surface area contributed by atoms with Crippen LogP contribution in [0.3, 0.4) is 0 Å². The summed E-state index contributed by atoms with van der Waals surface area (Å²) in [5, 5.41) is 3.57. The number of carbonyl (C=O) groups excluding carboxylic acids is 2. The normalized spacial score (nSPS) is 11.9. The molecular weight excluding hydrogens is 685 g/mol. The first-order chi connectivity index (χ1) is 23.3. The Morgan fingerprint density at radius 1 is 0.837 bits per heavy atom. The zero-order valence-corrected chi connectivity index (χ0v) is 30.5. The number of aryl methyl sites for hydroxylation is 1. The van der Waals surface area contributed by atoms with Gasteiger partial charge in [0.1, 0.15) is 12.6 Å². The third-order valence-electron chi connectivity index (χ3n) is 7.89. The average Bonchev–Trinajstić information content (AvgIpc) is 3.08. The average molecular weight is 727 g/mol. The van der Waals surface area contributed by atoms with E-state index in [1.54, 1.807) is 36.4 Å². The number of nitrogens with zero attached hydrogens (tertiary/aromatic N) is 2. The maximum atomic E-state index is 14.7. The van der Waals surface area contributed by atoms with Crippen LogP contribution in [0.1, 0.15) is 30.5 Å². The topological polar surface area (TPSA) is 105 Å². The van der Waals surface area contributed by atoms with Crippen LogP contribution in [0.5, 0.6) is 11.5 Å². The minimum absolute atomic E-state index is 0.0168. The second kappa shape index (κ2) is 16.9. The lowest BCUT2D eigenvalue weighted by Gasteiger charge is -2.34. The van der Waals surface area contributed by atoms with E-state index in [1.807, 2.05) is 51.1 Å². The van der Waals surface area contributed by atoms with Crippen LogP contribution in [0, 0.1) is 12.8 Å². The smallest absolute Gasteiger partial charge is 0.264 e. The summed E-state index contributed by atoms with van der Waals surface area (Å²) in [6.45, 7) is 5.34. The van der Waals surface area contributed by atoms with Crippen molar-refractivity contribution >= 4 is 50.7 Å². The summed E-state index contributed by atoms with van der Waals surface area (Å²) in [5.41, 5.74) is 2.25. The maximum Gasteiger partial charge on any atom is 0.264 e. The number of benzene rings is 4. The van der Waals surface area contributed by atoms with E-state index in [1.165, 1.54) is 43.4 Å². The van der Waals surface area contributed by atoms with Crippen molar-refractivity contribution in [2.45, 2.75) is 44.7 Å².